The minimum atomic E-state index is -0.545. The minimum Gasteiger partial charge on any atom is -0.481 e. The van der Waals surface area contributed by atoms with Crippen molar-refractivity contribution < 1.29 is 23.5 Å². The van der Waals surface area contributed by atoms with Crippen molar-refractivity contribution >= 4 is 28.9 Å². The molecular weight excluding hydrogens is 297 g/mol. The normalized spacial score (nSPS) is 10.0. The number of ether oxygens (including phenoxy) is 2. The average molecular weight is 309 g/mol. The fraction of sp³-hybridized carbons (Fsp3) is 0.143. The van der Waals surface area contributed by atoms with Gasteiger partial charge in [0.05, 0.1) is 12.8 Å². The molecule has 1 heterocycles. The van der Waals surface area contributed by atoms with Crippen molar-refractivity contribution in [3.63, 3.8) is 0 Å². The van der Waals surface area contributed by atoms with Crippen molar-refractivity contribution in [2.75, 3.05) is 19.0 Å². The second kappa shape index (κ2) is 6.85. The summed E-state index contributed by atoms with van der Waals surface area (Å²) in [6.07, 6.45) is 0. The molecule has 2 aromatic rings. The maximum absolute atomic E-state index is 13.3. The molecule has 0 spiro atoms. The zero-order valence-electron chi connectivity index (χ0n) is 11.1. The number of hydrogen-bond acceptors (Lipinski definition) is 5. The standard InChI is InChI=1S/C14H12FNO4S/c1-19-14(18)13-10(6-7-21-13)16-12(17)8-20-11-5-3-2-4-9(11)15/h2-7H,8H2,1H3,(H,16,17). The van der Waals surface area contributed by atoms with Crippen LogP contribution < -0.4 is 10.1 Å². The highest BCUT2D eigenvalue weighted by Gasteiger charge is 2.16. The van der Waals surface area contributed by atoms with Gasteiger partial charge in [0.15, 0.2) is 18.2 Å². The van der Waals surface area contributed by atoms with Crippen LogP contribution in [0.3, 0.4) is 0 Å². The van der Waals surface area contributed by atoms with E-state index in [1.807, 2.05) is 0 Å². The quantitative estimate of drug-likeness (QED) is 0.863. The molecule has 0 aliphatic carbocycles. The van der Waals surface area contributed by atoms with Gasteiger partial charge in [-0.05, 0) is 23.6 Å². The number of methoxy groups -OCH3 is 1. The van der Waals surface area contributed by atoms with Crippen LogP contribution in [0, 0.1) is 5.82 Å². The third-order valence-corrected chi connectivity index (χ3v) is 3.40. The minimum absolute atomic E-state index is 0.00819. The molecule has 0 fully saturated rings. The maximum Gasteiger partial charge on any atom is 0.350 e. The highest BCUT2D eigenvalue weighted by Crippen LogP contribution is 2.23. The van der Waals surface area contributed by atoms with Crippen LogP contribution in [0.5, 0.6) is 5.75 Å². The maximum atomic E-state index is 13.3. The number of carbonyl (C=O) groups excluding carboxylic acids is 2. The zero-order valence-corrected chi connectivity index (χ0v) is 11.9. The van der Waals surface area contributed by atoms with Gasteiger partial charge in [0.2, 0.25) is 0 Å². The number of halogens is 1. The van der Waals surface area contributed by atoms with E-state index in [0.717, 1.165) is 11.3 Å². The molecule has 0 saturated carbocycles. The lowest BCUT2D eigenvalue weighted by atomic mass is 10.3. The first-order valence-corrected chi connectivity index (χ1v) is 6.82. The van der Waals surface area contributed by atoms with Crippen LogP contribution in [0.15, 0.2) is 35.7 Å². The Bertz CT molecular complexity index is 656. The van der Waals surface area contributed by atoms with E-state index in [1.54, 1.807) is 17.5 Å². The molecule has 1 N–H and O–H groups in total. The van der Waals surface area contributed by atoms with Crippen LogP contribution in [-0.4, -0.2) is 25.6 Å². The van der Waals surface area contributed by atoms with Crippen molar-refractivity contribution in [3.8, 4) is 5.75 Å². The van der Waals surface area contributed by atoms with E-state index in [9.17, 15) is 14.0 Å². The molecule has 1 aromatic carbocycles. The van der Waals surface area contributed by atoms with E-state index in [4.69, 9.17) is 4.74 Å². The number of rotatable bonds is 5. The lowest BCUT2D eigenvalue weighted by Gasteiger charge is -2.08. The van der Waals surface area contributed by atoms with E-state index < -0.39 is 17.7 Å². The molecule has 1 aromatic heterocycles. The summed E-state index contributed by atoms with van der Waals surface area (Å²) < 4.78 is 23.0. The van der Waals surface area contributed by atoms with Crippen molar-refractivity contribution in [1.82, 2.24) is 0 Å². The predicted molar refractivity (Wildman–Crippen MR) is 76.2 cm³/mol. The van der Waals surface area contributed by atoms with Crippen LogP contribution in [0.2, 0.25) is 0 Å². The van der Waals surface area contributed by atoms with Crippen molar-refractivity contribution in [3.05, 3.63) is 46.4 Å². The summed E-state index contributed by atoms with van der Waals surface area (Å²) in [6, 6.07) is 7.37. The fourth-order valence-corrected chi connectivity index (χ4v) is 2.32. The smallest absolute Gasteiger partial charge is 0.350 e. The summed E-state index contributed by atoms with van der Waals surface area (Å²) in [5, 5.41) is 4.17. The fourth-order valence-electron chi connectivity index (χ4n) is 1.55. The largest absolute Gasteiger partial charge is 0.481 e. The summed E-state index contributed by atoms with van der Waals surface area (Å²) in [7, 11) is 1.26. The van der Waals surface area contributed by atoms with Crippen LogP contribution >= 0.6 is 11.3 Å². The van der Waals surface area contributed by atoms with Crippen molar-refractivity contribution in [2.45, 2.75) is 0 Å². The number of anilines is 1. The second-order valence-corrected chi connectivity index (χ2v) is 4.84. The third-order valence-electron chi connectivity index (χ3n) is 2.51. The Morgan fingerprint density at radius 3 is 2.76 bits per heavy atom. The van der Waals surface area contributed by atoms with Gasteiger partial charge in [0, 0.05) is 0 Å². The molecule has 0 unspecified atom stereocenters. The summed E-state index contributed by atoms with van der Waals surface area (Å²) in [4.78, 5) is 23.5. The number of nitrogens with one attached hydrogen (secondary N) is 1. The number of amides is 1. The van der Waals surface area contributed by atoms with E-state index in [2.05, 4.69) is 10.1 Å². The Morgan fingerprint density at radius 2 is 2.05 bits per heavy atom. The molecular formula is C14H12FNO4S. The molecule has 1 amide bonds. The number of carbonyl (C=O) groups is 2. The average Bonchev–Trinajstić information content (AvgIpc) is 2.93. The van der Waals surface area contributed by atoms with Crippen LogP contribution in [0.4, 0.5) is 10.1 Å². The Hall–Kier alpha value is -2.41. The number of hydrogen-bond donors (Lipinski definition) is 1. The Balaban J connectivity index is 1.95. The number of esters is 1. The van der Waals surface area contributed by atoms with Gasteiger partial charge in [-0.25, -0.2) is 9.18 Å². The summed E-state index contributed by atoms with van der Waals surface area (Å²) in [5.74, 6) is -1.58. The Labute approximate surface area is 124 Å². The van der Waals surface area contributed by atoms with Gasteiger partial charge in [-0.15, -0.1) is 11.3 Å². The van der Waals surface area contributed by atoms with Gasteiger partial charge in [0.25, 0.3) is 5.91 Å². The Morgan fingerprint density at radius 1 is 1.29 bits per heavy atom. The van der Waals surface area contributed by atoms with Crippen LogP contribution in [-0.2, 0) is 9.53 Å². The summed E-state index contributed by atoms with van der Waals surface area (Å²) in [5.41, 5.74) is 0.342. The lowest BCUT2D eigenvalue weighted by Crippen LogP contribution is -2.21. The van der Waals surface area contributed by atoms with E-state index >= 15 is 0 Å². The zero-order chi connectivity index (χ0) is 15.2. The van der Waals surface area contributed by atoms with Crippen LogP contribution in [0.1, 0.15) is 9.67 Å². The first kappa shape index (κ1) is 15.0. The molecule has 0 bridgehead atoms. The first-order valence-electron chi connectivity index (χ1n) is 5.95. The third kappa shape index (κ3) is 3.79. The topological polar surface area (TPSA) is 64.6 Å². The lowest BCUT2D eigenvalue weighted by molar-refractivity contribution is -0.118. The van der Waals surface area contributed by atoms with Crippen LogP contribution in [0.25, 0.3) is 0 Å². The highest BCUT2D eigenvalue weighted by molar-refractivity contribution is 7.12. The molecule has 110 valence electrons. The highest BCUT2D eigenvalue weighted by atomic mass is 32.1. The van der Waals surface area contributed by atoms with Gasteiger partial charge in [-0.2, -0.15) is 0 Å². The second-order valence-electron chi connectivity index (χ2n) is 3.92. The van der Waals surface area contributed by atoms with Gasteiger partial charge in [-0.1, -0.05) is 12.1 Å². The molecule has 21 heavy (non-hydrogen) atoms. The first-order chi connectivity index (χ1) is 10.1. The molecule has 7 heteroatoms. The van der Waals surface area contributed by atoms with Gasteiger partial charge < -0.3 is 14.8 Å². The number of benzene rings is 1. The predicted octanol–water partition coefficient (Wildman–Crippen LogP) is 2.69. The molecule has 0 radical (unpaired) electrons. The van der Waals surface area contributed by atoms with E-state index in [0.29, 0.717) is 5.69 Å². The Kier molecular flexibility index (Phi) is 4.89. The molecule has 0 atom stereocenters. The molecule has 0 aliphatic rings. The monoisotopic (exact) mass is 309 g/mol. The van der Waals surface area contributed by atoms with E-state index in [-0.39, 0.29) is 17.2 Å². The van der Waals surface area contributed by atoms with Gasteiger partial charge in [-0.3, -0.25) is 4.79 Å². The summed E-state index contributed by atoms with van der Waals surface area (Å²) >= 11 is 1.15. The molecule has 2 rings (SSSR count). The number of thiophene rings is 1. The van der Waals surface area contributed by atoms with Gasteiger partial charge in [0.1, 0.15) is 4.88 Å². The van der Waals surface area contributed by atoms with Gasteiger partial charge >= 0.3 is 5.97 Å². The van der Waals surface area contributed by atoms with Crippen molar-refractivity contribution in [1.29, 1.82) is 0 Å². The van der Waals surface area contributed by atoms with E-state index in [1.165, 1.54) is 25.3 Å². The molecule has 0 saturated heterocycles. The summed E-state index contributed by atoms with van der Waals surface area (Å²) in [6.45, 7) is -0.364. The van der Waals surface area contributed by atoms with Crippen molar-refractivity contribution in [2.24, 2.45) is 0 Å². The SMILES string of the molecule is COC(=O)c1sccc1NC(=O)COc1ccccc1F. The number of para-hydroxylation sites is 1. The molecule has 5 nitrogen and oxygen atoms in total. The molecule has 0 aliphatic heterocycles.